The van der Waals surface area contributed by atoms with E-state index in [1.807, 2.05) is 19.9 Å². The summed E-state index contributed by atoms with van der Waals surface area (Å²) < 4.78 is 42.9. The molecule has 9 nitrogen and oxygen atoms in total. The zero-order valence-electron chi connectivity index (χ0n) is 20.0. The summed E-state index contributed by atoms with van der Waals surface area (Å²) in [4.78, 5) is 11.7. The number of ether oxygens (including phenoxy) is 8. The minimum absolute atomic E-state index is 0.212. The Balaban J connectivity index is 1.70. The van der Waals surface area contributed by atoms with Crippen molar-refractivity contribution >= 4 is 5.97 Å². The van der Waals surface area contributed by atoms with Gasteiger partial charge in [-0.05, 0) is 26.0 Å². The fourth-order valence-corrected chi connectivity index (χ4v) is 2.40. The Morgan fingerprint density at radius 3 is 1.33 bits per heavy atom. The van der Waals surface area contributed by atoms with Crippen LogP contribution in [0.15, 0.2) is 30.3 Å². The molecule has 0 aromatic heterocycles. The van der Waals surface area contributed by atoms with Crippen LogP contribution in [-0.2, 0) is 37.9 Å². The molecule has 0 bridgehead atoms. The second-order valence-electron chi connectivity index (χ2n) is 7.10. The molecule has 0 saturated carbocycles. The molecule has 9 heteroatoms. The van der Waals surface area contributed by atoms with Crippen molar-refractivity contribution < 1.29 is 42.7 Å². The average molecular weight is 473 g/mol. The van der Waals surface area contributed by atoms with Crippen LogP contribution in [0.25, 0.3) is 0 Å². The van der Waals surface area contributed by atoms with Crippen molar-refractivity contribution in [3.8, 4) is 0 Å². The summed E-state index contributed by atoms with van der Waals surface area (Å²) in [5.74, 6) is -0.350. The third-order valence-corrected chi connectivity index (χ3v) is 4.01. The Bertz CT molecular complexity index is 554. The van der Waals surface area contributed by atoms with E-state index in [0.29, 0.717) is 91.5 Å². The van der Waals surface area contributed by atoms with Crippen LogP contribution in [0.5, 0.6) is 0 Å². The summed E-state index contributed by atoms with van der Waals surface area (Å²) in [7, 11) is 0. The smallest absolute Gasteiger partial charge is 0.338 e. The molecule has 0 spiro atoms. The molecule has 0 saturated heterocycles. The molecule has 0 heterocycles. The molecule has 0 unspecified atom stereocenters. The van der Waals surface area contributed by atoms with E-state index >= 15 is 0 Å². The summed E-state index contributed by atoms with van der Waals surface area (Å²) in [6, 6.07) is 8.86. The number of hydrogen-bond acceptors (Lipinski definition) is 9. The molecule has 0 radical (unpaired) electrons. The maximum Gasteiger partial charge on any atom is 0.338 e. The highest BCUT2D eigenvalue weighted by Crippen LogP contribution is 2.00. The lowest BCUT2D eigenvalue weighted by molar-refractivity contribution is -0.0249. The molecule has 0 N–H and O–H groups in total. The van der Waals surface area contributed by atoms with Gasteiger partial charge in [-0.25, -0.2) is 4.79 Å². The molecule has 0 aliphatic heterocycles. The van der Waals surface area contributed by atoms with Gasteiger partial charge in [0.1, 0.15) is 6.61 Å². The second kappa shape index (κ2) is 22.2. The summed E-state index contributed by atoms with van der Waals surface area (Å²) in [6.07, 6.45) is 0.231. The van der Waals surface area contributed by atoms with Crippen LogP contribution in [0.1, 0.15) is 24.2 Å². The van der Waals surface area contributed by atoms with Gasteiger partial charge in [0, 0.05) is 0 Å². The highest BCUT2D eigenvalue weighted by molar-refractivity contribution is 5.89. The van der Waals surface area contributed by atoms with Crippen molar-refractivity contribution in [1.82, 2.24) is 0 Å². The van der Waals surface area contributed by atoms with Crippen LogP contribution >= 0.6 is 0 Å². The zero-order valence-corrected chi connectivity index (χ0v) is 20.0. The number of carbonyl (C=O) groups excluding carboxylic acids is 1. The Morgan fingerprint density at radius 2 is 0.939 bits per heavy atom. The highest BCUT2D eigenvalue weighted by Gasteiger charge is 2.05. The molecule has 0 aliphatic rings. The Kier molecular flexibility index (Phi) is 19.8. The van der Waals surface area contributed by atoms with Crippen LogP contribution in [0.4, 0.5) is 0 Å². The predicted molar refractivity (Wildman–Crippen MR) is 123 cm³/mol. The van der Waals surface area contributed by atoms with Crippen LogP contribution < -0.4 is 0 Å². The van der Waals surface area contributed by atoms with E-state index in [2.05, 4.69) is 0 Å². The van der Waals surface area contributed by atoms with Crippen LogP contribution in [-0.4, -0.2) is 105 Å². The molecule has 1 aromatic rings. The fraction of sp³-hybridized carbons (Fsp3) is 0.708. The van der Waals surface area contributed by atoms with Gasteiger partial charge < -0.3 is 37.9 Å². The van der Waals surface area contributed by atoms with Gasteiger partial charge >= 0.3 is 5.97 Å². The topological polar surface area (TPSA) is 90.9 Å². The van der Waals surface area contributed by atoms with Crippen LogP contribution in [0.2, 0.25) is 0 Å². The van der Waals surface area contributed by atoms with E-state index < -0.39 is 0 Å². The van der Waals surface area contributed by atoms with Gasteiger partial charge in [0.2, 0.25) is 0 Å². The Labute approximate surface area is 197 Å². The lowest BCUT2D eigenvalue weighted by Crippen LogP contribution is -2.15. The summed E-state index contributed by atoms with van der Waals surface area (Å²) in [5.41, 5.74) is 0.532. The minimum Gasteiger partial charge on any atom is -0.460 e. The van der Waals surface area contributed by atoms with Gasteiger partial charge in [-0.2, -0.15) is 0 Å². The molecule has 1 aromatic carbocycles. The van der Waals surface area contributed by atoms with Crippen LogP contribution in [0, 0.1) is 0 Å². The van der Waals surface area contributed by atoms with Gasteiger partial charge in [0.15, 0.2) is 0 Å². The summed E-state index contributed by atoms with van der Waals surface area (Å²) in [5, 5.41) is 0. The van der Waals surface area contributed by atoms with Gasteiger partial charge in [0.25, 0.3) is 0 Å². The number of esters is 1. The molecule has 190 valence electrons. The summed E-state index contributed by atoms with van der Waals surface area (Å²) >= 11 is 0. The van der Waals surface area contributed by atoms with Crippen molar-refractivity contribution in [2.45, 2.75) is 20.0 Å². The van der Waals surface area contributed by atoms with Gasteiger partial charge in [-0.15, -0.1) is 0 Å². The van der Waals surface area contributed by atoms with Crippen molar-refractivity contribution in [2.75, 3.05) is 92.5 Å². The third-order valence-electron chi connectivity index (χ3n) is 4.01. The van der Waals surface area contributed by atoms with Gasteiger partial charge in [-0.3, -0.25) is 0 Å². The van der Waals surface area contributed by atoms with E-state index in [0.717, 1.165) is 0 Å². The van der Waals surface area contributed by atoms with E-state index in [1.54, 1.807) is 24.3 Å². The van der Waals surface area contributed by atoms with Crippen molar-refractivity contribution in [3.05, 3.63) is 35.9 Å². The lowest BCUT2D eigenvalue weighted by Gasteiger charge is -2.09. The first-order valence-corrected chi connectivity index (χ1v) is 11.5. The van der Waals surface area contributed by atoms with Crippen molar-refractivity contribution in [2.24, 2.45) is 0 Å². The van der Waals surface area contributed by atoms with Crippen LogP contribution in [0.3, 0.4) is 0 Å². The number of rotatable bonds is 23. The van der Waals surface area contributed by atoms with E-state index in [1.165, 1.54) is 0 Å². The molecule has 0 aliphatic carbocycles. The van der Waals surface area contributed by atoms with E-state index in [9.17, 15) is 4.79 Å². The average Bonchev–Trinajstić information content (AvgIpc) is 2.82. The molecular formula is C24H40O9. The Hall–Kier alpha value is -1.59. The molecule has 1 rings (SSSR count). The van der Waals surface area contributed by atoms with E-state index in [-0.39, 0.29) is 18.7 Å². The second-order valence-corrected chi connectivity index (χ2v) is 7.10. The molecular weight excluding hydrogens is 432 g/mol. The lowest BCUT2D eigenvalue weighted by atomic mass is 10.2. The largest absolute Gasteiger partial charge is 0.460 e. The monoisotopic (exact) mass is 472 g/mol. The fourth-order valence-electron chi connectivity index (χ4n) is 2.40. The maximum atomic E-state index is 11.7. The quantitative estimate of drug-likeness (QED) is 0.176. The standard InChI is InChI=1S/C24H40O9/c1-22(2)32-20-18-30-16-14-28-12-10-26-8-9-27-11-13-29-15-17-31-19-21-33-24(25)23-6-4-3-5-7-23/h3-7,22H,8-21H2,1-2H3. The van der Waals surface area contributed by atoms with Gasteiger partial charge in [-0.1, -0.05) is 18.2 Å². The molecule has 33 heavy (non-hydrogen) atoms. The number of hydrogen-bond donors (Lipinski definition) is 0. The number of carbonyl (C=O) groups is 1. The van der Waals surface area contributed by atoms with E-state index in [4.69, 9.17) is 37.9 Å². The van der Waals surface area contributed by atoms with Crippen molar-refractivity contribution in [1.29, 1.82) is 0 Å². The zero-order chi connectivity index (χ0) is 23.8. The first-order chi connectivity index (χ1) is 16.2. The predicted octanol–water partition coefficient (Wildman–Crippen LogP) is 2.37. The normalized spacial score (nSPS) is 11.2. The molecule has 0 atom stereocenters. The Morgan fingerprint density at radius 1 is 0.576 bits per heavy atom. The molecule has 0 amide bonds. The molecule has 0 fully saturated rings. The third kappa shape index (κ3) is 19.6. The van der Waals surface area contributed by atoms with Gasteiger partial charge in [0.05, 0.1) is 97.6 Å². The first-order valence-electron chi connectivity index (χ1n) is 11.5. The SMILES string of the molecule is CC(C)OCCOCCOCCOCCOCCOCCOCCOC(=O)c1ccccc1. The van der Waals surface area contributed by atoms with Crippen molar-refractivity contribution in [3.63, 3.8) is 0 Å². The first kappa shape index (κ1) is 29.4. The number of benzene rings is 1. The minimum atomic E-state index is -0.350. The maximum absolute atomic E-state index is 11.7. The summed E-state index contributed by atoms with van der Waals surface area (Å²) in [6.45, 7) is 10.8. The highest BCUT2D eigenvalue weighted by atomic mass is 16.6.